The van der Waals surface area contributed by atoms with Gasteiger partial charge in [-0.2, -0.15) is 0 Å². The molecule has 0 N–H and O–H groups in total. The molecule has 0 radical (unpaired) electrons. The highest BCUT2D eigenvalue weighted by atomic mass is 32.1. The van der Waals surface area contributed by atoms with Crippen LogP contribution in [0.25, 0.3) is 0 Å². The second kappa shape index (κ2) is 4.69. The molecule has 0 aromatic carbocycles. The Hall–Kier alpha value is -1.03. The first kappa shape index (κ1) is 11.1. The molecule has 1 aromatic rings. The Balaban J connectivity index is 1.67. The van der Waals surface area contributed by atoms with E-state index in [9.17, 15) is 4.79 Å². The lowest BCUT2D eigenvalue weighted by Gasteiger charge is -2.34. The summed E-state index contributed by atoms with van der Waals surface area (Å²) in [5.74, 6) is 0. The fraction of sp³-hybridized carbons (Fsp3) is 0.615. The molecular weight excluding hydrogens is 232 g/mol. The molecule has 1 saturated heterocycles. The van der Waals surface area contributed by atoms with E-state index < -0.39 is 0 Å². The molecule has 0 unspecified atom stereocenters. The van der Waals surface area contributed by atoms with E-state index in [2.05, 4.69) is 11.4 Å². The summed E-state index contributed by atoms with van der Waals surface area (Å²) in [6, 6.07) is 2.41. The van der Waals surface area contributed by atoms with Crippen LogP contribution >= 0.6 is 11.3 Å². The molecule has 0 aliphatic carbocycles. The van der Waals surface area contributed by atoms with Gasteiger partial charge in [-0.1, -0.05) is 0 Å². The molecule has 1 aromatic heterocycles. The van der Waals surface area contributed by atoms with Crippen molar-refractivity contribution in [2.45, 2.75) is 32.2 Å². The molecule has 3 nitrogen and oxygen atoms in total. The molecule has 2 aliphatic heterocycles. The summed E-state index contributed by atoms with van der Waals surface area (Å²) in [4.78, 5) is 17.8. The fourth-order valence-electron chi connectivity index (χ4n) is 2.70. The minimum absolute atomic E-state index is 0.251. The maximum absolute atomic E-state index is 12.3. The summed E-state index contributed by atoms with van der Waals surface area (Å²) in [6.45, 7) is 3.61. The smallest absolute Gasteiger partial charge is 0.320 e. The molecule has 2 aliphatic rings. The van der Waals surface area contributed by atoms with Gasteiger partial charge in [0, 0.05) is 31.1 Å². The highest BCUT2D eigenvalue weighted by Crippen LogP contribution is 2.25. The van der Waals surface area contributed by atoms with Gasteiger partial charge in [0.15, 0.2) is 0 Å². The van der Waals surface area contributed by atoms with Crippen molar-refractivity contribution in [1.29, 1.82) is 0 Å². The lowest BCUT2D eigenvalue weighted by atomic mass is 10.1. The molecule has 92 valence electrons. The highest BCUT2D eigenvalue weighted by molar-refractivity contribution is 7.10. The second-order valence-corrected chi connectivity index (χ2v) is 5.87. The predicted octanol–water partition coefficient (Wildman–Crippen LogP) is 2.71. The first-order valence-corrected chi connectivity index (χ1v) is 7.31. The number of fused-ring (bicyclic) bond motifs is 1. The predicted molar refractivity (Wildman–Crippen MR) is 69.3 cm³/mol. The van der Waals surface area contributed by atoms with Gasteiger partial charge in [-0.25, -0.2) is 4.79 Å². The topological polar surface area (TPSA) is 23.6 Å². The number of carbonyl (C=O) groups is 1. The van der Waals surface area contributed by atoms with E-state index in [0.717, 1.165) is 32.6 Å². The molecule has 1 fully saturated rings. The van der Waals surface area contributed by atoms with Crippen LogP contribution < -0.4 is 0 Å². The molecule has 2 amide bonds. The standard InChI is InChI=1S/C13H18N2OS/c16-13(14-6-2-1-3-7-14)15-8-4-12-11(10-15)5-9-17-12/h5,9H,1-4,6-8,10H2. The normalized spacial score (nSPS) is 20.2. The van der Waals surface area contributed by atoms with Gasteiger partial charge in [0.05, 0.1) is 0 Å². The van der Waals surface area contributed by atoms with Crippen molar-refractivity contribution < 1.29 is 4.79 Å². The molecule has 0 saturated carbocycles. The van der Waals surface area contributed by atoms with E-state index in [0.29, 0.717) is 0 Å². The maximum Gasteiger partial charge on any atom is 0.320 e. The summed E-state index contributed by atoms with van der Waals surface area (Å²) in [7, 11) is 0. The zero-order valence-electron chi connectivity index (χ0n) is 10.0. The van der Waals surface area contributed by atoms with E-state index in [4.69, 9.17) is 0 Å². The monoisotopic (exact) mass is 250 g/mol. The van der Waals surface area contributed by atoms with Crippen LogP contribution in [0, 0.1) is 0 Å². The third-order valence-electron chi connectivity index (χ3n) is 3.70. The number of piperidine rings is 1. The number of hydrogen-bond donors (Lipinski definition) is 0. The van der Waals surface area contributed by atoms with Gasteiger partial charge in [-0.3, -0.25) is 0 Å². The Morgan fingerprint density at radius 3 is 2.76 bits per heavy atom. The molecule has 0 bridgehead atoms. The summed E-state index contributed by atoms with van der Waals surface area (Å²) in [5, 5.41) is 2.14. The summed E-state index contributed by atoms with van der Waals surface area (Å²) < 4.78 is 0. The van der Waals surface area contributed by atoms with Crippen LogP contribution in [0.5, 0.6) is 0 Å². The summed E-state index contributed by atoms with van der Waals surface area (Å²) >= 11 is 1.82. The Labute approximate surface area is 106 Å². The van der Waals surface area contributed by atoms with Crippen molar-refractivity contribution >= 4 is 17.4 Å². The van der Waals surface area contributed by atoms with Crippen LogP contribution in [-0.2, 0) is 13.0 Å². The van der Waals surface area contributed by atoms with Crippen LogP contribution in [0.1, 0.15) is 29.7 Å². The van der Waals surface area contributed by atoms with Gasteiger partial charge in [0.1, 0.15) is 0 Å². The van der Waals surface area contributed by atoms with Crippen molar-refractivity contribution in [3.8, 4) is 0 Å². The van der Waals surface area contributed by atoms with Gasteiger partial charge in [-0.05, 0) is 42.7 Å². The number of thiophene rings is 1. The number of likely N-dealkylation sites (tertiary alicyclic amines) is 1. The average Bonchev–Trinajstić information content (AvgIpc) is 2.86. The first-order valence-electron chi connectivity index (χ1n) is 6.44. The zero-order chi connectivity index (χ0) is 11.7. The zero-order valence-corrected chi connectivity index (χ0v) is 10.8. The Bertz CT molecular complexity index is 409. The number of urea groups is 1. The molecule has 4 heteroatoms. The quantitative estimate of drug-likeness (QED) is 0.694. The molecule has 3 rings (SSSR count). The lowest BCUT2D eigenvalue weighted by molar-refractivity contribution is 0.139. The Morgan fingerprint density at radius 2 is 1.94 bits per heavy atom. The summed E-state index contributed by atoms with van der Waals surface area (Å²) in [5.41, 5.74) is 1.35. The Morgan fingerprint density at radius 1 is 1.12 bits per heavy atom. The van der Waals surface area contributed by atoms with Crippen molar-refractivity contribution in [3.05, 3.63) is 21.9 Å². The van der Waals surface area contributed by atoms with Crippen LogP contribution in [0.3, 0.4) is 0 Å². The molecular formula is C13H18N2OS. The van der Waals surface area contributed by atoms with E-state index >= 15 is 0 Å². The fourth-order valence-corrected chi connectivity index (χ4v) is 3.59. The van der Waals surface area contributed by atoms with Crippen LogP contribution in [0.4, 0.5) is 4.79 Å². The van der Waals surface area contributed by atoms with Crippen molar-refractivity contribution in [1.82, 2.24) is 9.80 Å². The van der Waals surface area contributed by atoms with Gasteiger partial charge >= 0.3 is 6.03 Å². The SMILES string of the molecule is O=C(N1CCCCC1)N1CCc2sccc2C1. The van der Waals surface area contributed by atoms with Gasteiger partial charge < -0.3 is 9.80 Å². The van der Waals surface area contributed by atoms with Crippen molar-refractivity contribution in [2.75, 3.05) is 19.6 Å². The molecule has 0 atom stereocenters. The summed E-state index contributed by atoms with van der Waals surface area (Å²) in [6.07, 6.45) is 4.65. The second-order valence-electron chi connectivity index (χ2n) is 4.87. The minimum atomic E-state index is 0.251. The van der Waals surface area contributed by atoms with Gasteiger partial charge in [-0.15, -0.1) is 11.3 Å². The molecule has 17 heavy (non-hydrogen) atoms. The number of hydrogen-bond acceptors (Lipinski definition) is 2. The largest absolute Gasteiger partial charge is 0.325 e. The van der Waals surface area contributed by atoms with Crippen LogP contribution in [-0.4, -0.2) is 35.5 Å². The lowest BCUT2D eigenvalue weighted by Crippen LogP contribution is -2.46. The number of carbonyl (C=O) groups excluding carboxylic acids is 1. The number of amides is 2. The van der Waals surface area contributed by atoms with Gasteiger partial charge in [0.25, 0.3) is 0 Å². The van der Waals surface area contributed by atoms with E-state index in [1.807, 2.05) is 21.1 Å². The maximum atomic E-state index is 12.3. The van der Waals surface area contributed by atoms with Crippen LogP contribution in [0.15, 0.2) is 11.4 Å². The van der Waals surface area contributed by atoms with Gasteiger partial charge in [0.2, 0.25) is 0 Å². The number of nitrogens with zero attached hydrogens (tertiary/aromatic N) is 2. The van der Waals surface area contributed by atoms with Crippen LogP contribution in [0.2, 0.25) is 0 Å². The van der Waals surface area contributed by atoms with E-state index in [1.54, 1.807) is 0 Å². The van der Waals surface area contributed by atoms with E-state index in [1.165, 1.54) is 29.7 Å². The third-order valence-corrected chi connectivity index (χ3v) is 4.73. The van der Waals surface area contributed by atoms with Crippen molar-refractivity contribution in [3.63, 3.8) is 0 Å². The average molecular weight is 250 g/mol. The highest BCUT2D eigenvalue weighted by Gasteiger charge is 2.26. The van der Waals surface area contributed by atoms with Crippen molar-refractivity contribution in [2.24, 2.45) is 0 Å². The molecule has 0 spiro atoms. The number of rotatable bonds is 0. The van der Waals surface area contributed by atoms with E-state index in [-0.39, 0.29) is 6.03 Å². The molecule has 3 heterocycles. The Kier molecular flexibility index (Phi) is 3.05. The first-order chi connectivity index (χ1) is 8.34. The minimum Gasteiger partial charge on any atom is -0.325 e. The third kappa shape index (κ3) is 2.18.